The Hall–Kier alpha value is -1.26. The Bertz CT molecular complexity index is 375. The van der Waals surface area contributed by atoms with Crippen molar-refractivity contribution in [1.29, 1.82) is 0 Å². The fraction of sp³-hybridized carbons (Fsp3) is 0.778. The summed E-state index contributed by atoms with van der Waals surface area (Å²) in [6, 6.07) is -0.771. The van der Waals surface area contributed by atoms with Crippen molar-refractivity contribution >= 4 is 11.9 Å². The number of amides is 2. The number of rotatable bonds is 2. The lowest BCUT2D eigenvalue weighted by molar-refractivity contribution is -0.0845. The molecule has 1 fully saturated rings. The molecule has 0 aromatic carbocycles. The highest BCUT2D eigenvalue weighted by Gasteiger charge is 2.47. The normalized spacial score (nSPS) is 41.1. The number of aliphatic hydroxyl groups is 4. The highest BCUT2D eigenvalue weighted by atomic mass is 16.6. The lowest BCUT2D eigenvalue weighted by Gasteiger charge is -2.33. The number of β-amino-alcohol motifs (C(OH)–C–C–N with tert-alkyl or cyclic N) is 1. The Kier molecular flexibility index (Phi) is 3.50. The summed E-state index contributed by atoms with van der Waals surface area (Å²) < 4.78 is 5.16. The molecule has 2 amide bonds. The van der Waals surface area contributed by atoms with Crippen molar-refractivity contribution in [1.82, 2.24) is 4.90 Å². The minimum absolute atomic E-state index is 0.194. The van der Waals surface area contributed by atoms with Gasteiger partial charge in [-0.25, -0.2) is 4.79 Å². The average Bonchev–Trinajstić information content (AvgIpc) is 2.61. The van der Waals surface area contributed by atoms with Gasteiger partial charge in [-0.3, -0.25) is 4.90 Å². The van der Waals surface area contributed by atoms with E-state index in [1.807, 2.05) is 0 Å². The zero-order chi connectivity index (χ0) is 13.4. The van der Waals surface area contributed by atoms with Crippen LogP contribution in [0, 0.1) is 0 Å². The second-order valence-corrected chi connectivity index (χ2v) is 4.22. The van der Waals surface area contributed by atoms with Gasteiger partial charge in [0, 0.05) is 0 Å². The molecule has 9 heteroatoms. The Morgan fingerprint density at radius 3 is 2.61 bits per heavy atom. The van der Waals surface area contributed by atoms with E-state index in [-0.39, 0.29) is 12.4 Å². The summed E-state index contributed by atoms with van der Waals surface area (Å²) in [4.78, 5) is 16.0. The minimum Gasteiger partial charge on any atom is -0.394 e. The van der Waals surface area contributed by atoms with Crippen molar-refractivity contribution in [3.05, 3.63) is 0 Å². The first kappa shape index (κ1) is 13.2. The summed E-state index contributed by atoms with van der Waals surface area (Å²) in [5.41, 5.74) is 5.30. The lowest BCUT2D eigenvalue weighted by Crippen LogP contribution is -2.54. The van der Waals surface area contributed by atoms with Crippen LogP contribution in [0.1, 0.15) is 0 Å². The zero-order valence-electron chi connectivity index (χ0n) is 9.38. The van der Waals surface area contributed by atoms with Gasteiger partial charge in [0.25, 0.3) is 0 Å². The van der Waals surface area contributed by atoms with Crippen molar-refractivity contribution in [3.63, 3.8) is 0 Å². The number of aliphatic hydroxyl groups excluding tert-OH is 4. The molecule has 1 unspecified atom stereocenters. The molecule has 0 saturated carbocycles. The molecule has 0 aromatic heterocycles. The highest BCUT2D eigenvalue weighted by molar-refractivity contribution is 5.97. The van der Waals surface area contributed by atoms with Crippen LogP contribution in [0.15, 0.2) is 4.99 Å². The van der Waals surface area contributed by atoms with Gasteiger partial charge >= 0.3 is 6.03 Å². The Morgan fingerprint density at radius 1 is 1.39 bits per heavy atom. The van der Waals surface area contributed by atoms with Crippen LogP contribution < -0.4 is 5.73 Å². The molecule has 0 spiro atoms. The highest BCUT2D eigenvalue weighted by Crippen LogP contribution is 2.25. The summed E-state index contributed by atoms with van der Waals surface area (Å²) >= 11 is 0. The molecule has 2 aliphatic heterocycles. The molecule has 5 atom stereocenters. The number of nitrogens with zero attached hydrogens (tertiary/aromatic N) is 2. The summed E-state index contributed by atoms with van der Waals surface area (Å²) in [6.07, 6.45) is -6.00. The monoisotopic (exact) mass is 261 g/mol. The van der Waals surface area contributed by atoms with Gasteiger partial charge in [0.15, 0.2) is 6.23 Å². The molecule has 9 nitrogen and oxygen atoms in total. The molecular formula is C9H15N3O6. The van der Waals surface area contributed by atoms with Crippen LogP contribution in [0.25, 0.3) is 0 Å². The first-order valence-electron chi connectivity index (χ1n) is 5.41. The van der Waals surface area contributed by atoms with Gasteiger partial charge in [0.05, 0.1) is 13.2 Å². The molecule has 2 rings (SSSR count). The molecule has 18 heavy (non-hydrogen) atoms. The third-order valence-corrected chi connectivity index (χ3v) is 3.01. The van der Waals surface area contributed by atoms with E-state index in [0.29, 0.717) is 0 Å². The van der Waals surface area contributed by atoms with Crippen LogP contribution in [0.3, 0.4) is 0 Å². The molecule has 102 valence electrons. The molecule has 0 aromatic rings. The van der Waals surface area contributed by atoms with Crippen molar-refractivity contribution in [2.45, 2.75) is 30.6 Å². The van der Waals surface area contributed by atoms with Gasteiger partial charge in [-0.05, 0) is 0 Å². The number of hydrogen-bond donors (Lipinski definition) is 5. The molecule has 0 bridgehead atoms. The van der Waals surface area contributed by atoms with Crippen molar-refractivity contribution in [3.8, 4) is 0 Å². The third-order valence-electron chi connectivity index (χ3n) is 3.01. The summed E-state index contributed by atoms with van der Waals surface area (Å²) in [6.45, 7) is -0.689. The summed E-state index contributed by atoms with van der Waals surface area (Å²) in [5.74, 6) is -0.206. The van der Waals surface area contributed by atoms with Gasteiger partial charge in [-0.2, -0.15) is 4.99 Å². The fourth-order valence-corrected chi connectivity index (χ4v) is 1.96. The molecule has 2 heterocycles. The molecule has 0 aliphatic carbocycles. The van der Waals surface area contributed by atoms with Gasteiger partial charge in [0.1, 0.15) is 30.3 Å². The van der Waals surface area contributed by atoms with Crippen LogP contribution in [0.5, 0.6) is 0 Å². The molecular weight excluding hydrogens is 246 g/mol. The number of ether oxygens (including phenoxy) is 1. The van der Waals surface area contributed by atoms with E-state index in [2.05, 4.69) is 4.99 Å². The maximum absolute atomic E-state index is 11.6. The van der Waals surface area contributed by atoms with E-state index in [1.165, 1.54) is 0 Å². The number of carbonyl (C=O) groups is 1. The second-order valence-electron chi connectivity index (χ2n) is 4.22. The van der Waals surface area contributed by atoms with E-state index in [1.54, 1.807) is 0 Å². The number of hydrogen-bond acceptors (Lipinski definition) is 7. The van der Waals surface area contributed by atoms with Gasteiger partial charge in [0.2, 0.25) is 0 Å². The Labute approximate surface area is 102 Å². The van der Waals surface area contributed by atoms with Crippen molar-refractivity contribution < 1.29 is 30.0 Å². The van der Waals surface area contributed by atoms with Gasteiger partial charge < -0.3 is 30.9 Å². The third kappa shape index (κ3) is 2.06. The number of nitrogens with two attached hydrogens (primary N) is 1. The minimum atomic E-state index is -1.38. The standard InChI is InChI=1S/C9H15N3O6/c10-7-3(14)1-12(9(17)11-7)8-6(16)5(15)4(2-13)18-8/h3-6,8,13-16H,1-2H2,(H2,10,11,17)/t3?,4-,5-,6-,8-/m1/s1. The number of urea groups is 1. The molecule has 2 aliphatic rings. The van der Waals surface area contributed by atoms with Crippen LogP contribution in [-0.2, 0) is 4.74 Å². The predicted octanol–water partition coefficient (Wildman–Crippen LogP) is -3.42. The van der Waals surface area contributed by atoms with E-state index >= 15 is 0 Å². The first-order chi connectivity index (χ1) is 8.45. The first-order valence-corrected chi connectivity index (χ1v) is 5.41. The van der Waals surface area contributed by atoms with E-state index < -0.39 is 43.3 Å². The fourth-order valence-electron chi connectivity index (χ4n) is 1.96. The number of aliphatic imine (C=N–C) groups is 1. The number of amidine groups is 1. The van der Waals surface area contributed by atoms with Gasteiger partial charge in [-0.1, -0.05) is 0 Å². The topological polar surface area (TPSA) is 149 Å². The summed E-state index contributed by atoms with van der Waals surface area (Å²) in [5, 5.41) is 37.7. The summed E-state index contributed by atoms with van der Waals surface area (Å²) in [7, 11) is 0. The number of carbonyl (C=O) groups excluding carboxylic acids is 1. The molecule has 6 N–H and O–H groups in total. The zero-order valence-corrected chi connectivity index (χ0v) is 9.38. The average molecular weight is 261 g/mol. The van der Waals surface area contributed by atoms with Crippen LogP contribution in [0.4, 0.5) is 4.79 Å². The predicted molar refractivity (Wildman–Crippen MR) is 57.5 cm³/mol. The Balaban J connectivity index is 2.16. The van der Waals surface area contributed by atoms with E-state index in [0.717, 1.165) is 4.90 Å². The maximum atomic E-state index is 11.6. The molecule has 0 radical (unpaired) electrons. The Morgan fingerprint density at radius 2 is 2.06 bits per heavy atom. The quantitative estimate of drug-likeness (QED) is 0.347. The van der Waals surface area contributed by atoms with E-state index in [4.69, 9.17) is 15.6 Å². The van der Waals surface area contributed by atoms with Gasteiger partial charge in [-0.15, -0.1) is 0 Å². The van der Waals surface area contributed by atoms with E-state index in [9.17, 15) is 20.1 Å². The smallest absolute Gasteiger partial charge is 0.347 e. The maximum Gasteiger partial charge on any atom is 0.347 e. The van der Waals surface area contributed by atoms with Crippen LogP contribution in [-0.4, -0.2) is 81.0 Å². The SMILES string of the molecule is NC1=NC(=O)N([C@@H]2O[C@H](CO)[C@@H](O)[C@H]2O)CC1O. The van der Waals surface area contributed by atoms with Crippen LogP contribution in [0.2, 0.25) is 0 Å². The lowest BCUT2D eigenvalue weighted by atomic mass is 10.1. The van der Waals surface area contributed by atoms with Crippen LogP contribution >= 0.6 is 0 Å². The van der Waals surface area contributed by atoms with Crippen molar-refractivity contribution in [2.24, 2.45) is 10.7 Å². The largest absolute Gasteiger partial charge is 0.394 e. The molecule has 1 saturated heterocycles. The van der Waals surface area contributed by atoms with Crippen molar-refractivity contribution in [2.75, 3.05) is 13.2 Å². The second kappa shape index (κ2) is 4.78.